The Hall–Kier alpha value is -0.420. The fourth-order valence-electron chi connectivity index (χ4n) is 2.85. The first-order chi connectivity index (χ1) is 8.72. The average Bonchev–Trinajstić information content (AvgIpc) is 2.33. The third-order valence-electron chi connectivity index (χ3n) is 4.62. The van der Waals surface area contributed by atoms with E-state index < -0.39 is 17.3 Å². The molecule has 0 amide bonds. The lowest BCUT2D eigenvalue weighted by atomic mass is 9.72. The van der Waals surface area contributed by atoms with Crippen LogP contribution in [0.4, 0.5) is 0 Å². The first-order valence-electron chi connectivity index (χ1n) is 7.16. The van der Waals surface area contributed by atoms with Crippen LogP contribution in [0.2, 0.25) is 0 Å². The van der Waals surface area contributed by atoms with Crippen LogP contribution < -0.4 is 0 Å². The van der Waals surface area contributed by atoms with Crippen molar-refractivity contribution in [2.24, 2.45) is 11.8 Å². The molecule has 0 unspecified atom stereocenters. The van der Waals surface area contributed by atoms with Gasteiger partial charge in [0.15, 0.2) is 0 Å². The van der Waals surface area contributed by atoms with Crippen LogP contribution in [0.15, 0.2) is 12.2 Å². The van der Waals surface area contributed by atoms with E-state index in [4.69, 9.17) is 9.78 Å². The molecule has 4 heteroatoms. The van der Waals surface area contributed by atoms with E-state index in [1.165, 1.54) is 0 Å². The van der Waals surface area contributed by atoms with E-state index in [0.717, 1.165) is 19.3 Å². The molecular formula is C15H26O4. The molecule has 0 spiro atoms. The predicted octanol–water partition coefficient (Wildman–Crippen LogP) is 2.20. The van der Waals surface area contributed by atoms with E-state index >= 15 is 0 Å². The van der Waals surface area contributed by atoms with E-state index in [9.17, 15) is 10.2 Å². The molecule has 1 aliphatic carbocycles. The van der Waals surface area contributed by atoms with Gasteiger partial charge in [-0.3, -0.25) is 0 Å². The minimum absolute atomic E-state index is 0.194. The van der Waals surface area contributed by atoms with Gasteiger partial charge in [-0.05, 0) is 51.9 Å². The first-order valence-corrected chi connectivity index (χ1v) is 7.16. The fourth-order valence-corrected chi connectivity index (χ4v) is 2.85. The van der Waals surface area contributed by atoms with Gasteiger partial charge < -0.3 is 10.2 Å². The average molecular weight is 270 g/mol. The van der Waals surface area contributed by atoms with Crippen LogP contribution >= 0.6 is 0 Å². The van der Waals surface area contributed by atoms with Gasteiger partial charge in [-0.2, -0.15) is 0 Å². The maximum Gasteiger partial charge on any atom is 0.122 e. The van der Waals surface area contributed by atoms with Crippen molar-refractivity contribution in [2.75, 3.05) is 0 Å². The van der Waals surface area contributed by atoms with Crippen molar-refractivity contribution in [1.29, 1.82) is 0 Å². The second-order valence-electron chi connectivity index (χ2n) is 6.85. The number of aliphatic hydroxyl groups excluding tert-OH is 1. The molecular weight excluding hydrogens is 244 g/mol. The highest BCUT2D eigenvalue weighted by atomic mass is 17.2. The molecule has 2 bridgehead atoms. The number of hydrogen-bond acceptors (Lipinski definition) is 4. The van der Waals surface area contributed by atoms with Crippen LogP contribution in [-0.2, 0) is 9.78 Å². The lowest BCUT2D eigenvalue weighted by Gasteiger charge is -2.46. The second-order valence-corrected chi connectivity index (χ2v) is 6.85. The van der Waals surface area contributed by atoms with Crippen molar-refractivity contribution in [3.8, 4) is 0 Å². The minimum Gasteiger partial charge on any atom is -0.387 e. The Balaban J connectivity index is 2.05. The summed E-state index contributed by atoms with van der Waals surface area (Å²) in [5.41, 5.74) is -1.66. The van der Waals surface area contributed by atoms with Gasteiger partial charge >= 0.3 is 0 Å². The zero-order valence-electron chi connectivity index (χ0n) is 12.3. The summed E-state index contributed by atoms with van der Waals surface area (Å²) in [7, 11) is 0. The highest BCUT2D eigenvalue weighted by Crippen LogP contribution is 2.44. The van der Waals surface area contributed by atoms with Gasteiger partial charge in [-0.15, -0.1) is 0 Å². The van der Waals surface area contributed by atoms with Crippen molar-refractivity contribution >= 4 is 0 Å². The summed E-state index contributed by atoms with van der Waals surface area (Å²) < 4.78 is 0. The van der Waals surface area contributed by atoms with Crippen LogP contribution in [0.3, 0.4) is 0 Å². The molecule has 2 fully saturated rings. The largest absolute Gasteiger partial charge is 0.387 e. The molecule has 1 saturated carbocycles. The Bertz CT molecular complexity index is 347. The van der Waals surface area contributed by atoms with E-state index in [2.05, 4.69) is 6.92 Å². The highest BCUT2D eigenvalue weighted by molar-refractivity contribution is 5.09. The molecule has 1 heterocycles. The Labute approximate surface area is 115 Å². The van der Waals surface area contributed by atoms with Gasteiger partial charge in [-0.1, -0.05) is 19.1 Å². The number of fused-ring (bicyclic) bond motifs is 2. The SMILES string of the molecule is C[C@@H]1CC[C@H]2C[C@@H]1OO[C@]2(C)/C=C/[C@@H](O)C(C)(C)O. The van der Waals surface area contributed by atoms with Crippen molar-refractivity contribution in [3.05, 3.63) is 12.2 Å². The maximum atomic E-state index is 9.86. The first kappa shape index (κ1) is 15.0. The summed E-state index contributed by atoms with van der Waals surface area (Å²) in [6.45, 7) is 7.35. The van der Waals surface area contributed by atoms with E-state index in [-0.39, 0.29) is 6.10 Å². The van der Waals surface area contributed by atoms with Gasteiger partial charge in [0.2, 0.25) is 0 Å². The van der Waals surface area contributed by atoms with E-state index in [0.29, 0.717) is 11.8 Å². The van der Waals surface area contributed by atoms with E-state index in [1.54, 1.807) is 19.9 Å². The molecule has 1 saturated heterocycles. The zero-order chi connectivity index (χ0) is 14.3. The Morgan fingerprint density at radius 3 is 2.68 bits per heavy atom. The molecule has 110 valence electrons. The highest BCUT2D eigenvalue weighted by Gasteiger charge is 2.45. The monoisotopic (exact) mass is 270 g/mol. The minimum atomic E-state index is -1.15. The molecule has 19 heavy (non-hydrogen) atoms. The third kappa shape index (κ3) is 3.19. The molecule has 4 nitrogen and oxygen atoms in total. The van der Waals surface area contributed by atoms with Crippen LogP contribution in [-0.4, -0.2) is 33.6 Å². The van der Waals surface area contributed by atoms with Crippen molar-refractivity contribution in [1.82, 2.24) is 0 Å². The van der Waals surface area contributed by atoms with Gasteiger partial charge in [0.05, 0.1) is 11.7 Å². The van der Waals surface area contributed by atoms with Gasteiger partial charge in [0, 0.05) is 0 Å². The molecule has 0 aromatic carbocycles. The molecule has 2 rings (SSSR count). The second kappa shape index (κ2) is 5.17. The number of rotatable bonds is 3. The molecule has 0 aromatic heterocycles. The molecule has 1 aliphatic heterocycles. The molecule has 0 radical (unpaired) electrons. The standard InChI is InChI=1S/C15H26O4/c1-10-5-6-11-9-12(10)18-19-15(11,4)8-7-13(16)14(2,3)17/h7-8,10-13,16-17H,5-6,9H2,1-4H3/b8-7+/t10-,11+,12+,13-,15-/m1/s1. The summed E-state index contributed by atoms with van der Waals surface area (Å²) in [5.74, 6) is 0.958. The predicted molar refractivity (Wildman–Crippen MR) is 72.3 cm³/mol. The summed E-state index contributed by atoms with van der Waals surface area (Å²) in [6.07, 6.45) is 6.00. The summed E-state index contributed by atoms with van der Waals surface area (Å²) in [6, 6.07) is 0. The van der Waals surface area contributed by atoms with Gasteiger partial charge in [0.1, 0.15) is 11.7 Å². The third-order valence-corrected chi connectivity index (χ3v) is 4.62. The van der Waals surface area contributed by atoms with Gasteiger partial charge in [0.25, 0.3) is 0 Å². The van der Waals surface area contributed by atoms with Crippen molar-refractivity contribution in [2.45, 2.75) is 70.4 Å². The van der Waals surface area contributed by atoms with Crippen LogP contribution in [0.25, 0.3) is 0 Å². The molecule has 5 atom stereocenters. The van der Waals surface area contributed by atoms with Crippen LogP contribution in [0.1, 0.15) is 47.0 Å². The lowest BCUT2D eigenvalue weighted by Crippen LogP contribution is -2.49. The van der Waals surface area contributed by atoms with E-state index in [1.807, 2.05) is 13.0 Å². The van der Waals surface area contributed by atoms with Crippen molar-refractivity contribution in [3.63, 3.8) is 0 Å². The summed E-state index contributed by atoms with van der Waals surface area (Å²) in [4.78, 5) is 11.1. The normalized spacial score (nSPS) is 41.5. The number of hydrogen-bond donors (Lipinski definition) is 2. The molecule has 0 aromatic rings. The summed E-state index contributed by atoms with van der Waals surface area (Å²) >= 11 is 0. The molecule has 2 N–H and O–H groups in total. The zero-order valence-corrected chi connectivity index (χ0v) is 12.3. The summed E-state index contributed by atoms with van der Waals surface area (Å²) in [5, 5.41) is 19.6. The molecule has 2 aliphatic rings. The quantitative estimate of drug-likeness (QED) is 0.610. The Morgan fingerprint density at radius 2 is 2.05 bits per heavy atom. The van der Waals surface area contributed by atoms with Gasteiger partial charge in [-0.25, -0.2) is 9.78 Å². The smallest absolute Gasteiger partial charge is 0.122 e. The topological polar surface area (TPSA) is 58.9 Å². The van der Waals surface area contributed by atoms with Crippen LogP contribution in [0, 0.1) is 11.8 Å². The maximum absolute atomic E-state index is 9.86. The lowest BCUT2D eigenvalue weighted by molar-refractivity contribution is -0.421. The van der Waals surface area contributed by atoms with Crippen LogP contribution in [0.5, 0.6) is 0 Å². The Morgan fingerprint density at radius 1 is 1.37 bits per heavy atom. The fraction of sp³-hybridized carbons (Fsp3) is 0.867. The van der Waals surface area contributed by atoms with Crippen molar-refractivity contribution < 1.29 is 20.0 Å². The Kier molecular flexibility index (Phi) is 4.07. The number of aliphatic hydroxyl groups is 2.